The molecule has 5 rings (SSSR count). The summed E-state index contributed by atoms with van der Waals surface area (Å²) in [5, 5.41) is 11.6. The molecule has 1 aliphatic carbocycles. The second-order valence-corrected chi connectivity index (χ2v) is 9.27. The predicted molar refractivity (Wildman–Crippen MR) is 123 cm³/mol. The van der Waals surface area contributed by atoms with Crippen LogP contribution in [0.2, 0.25) is 0 Å². The molecular weight excluding hydrogens is 400 g/mol. The van der Waals surface area contributed by atoms with E-state index in [2.05, 4.69) is 18.1 Å². The molecule has 2 heterocycles. The van der Waals surface area contributed by atoms with E-state index in [4.69, 9.17) is 4.74 Å². The second kappa shape index (κ2) is 8.15. The summed E-state index contributed by atoms with van der Waals surface area (Å²) in [6, 6.07) is 21.1. The summed E-state index contributed by atoms with van der Waals surface area (Å²) in [5.41, 5.74) is 2.37. The molecule has 1 fully saturated rings. The summed E-state index contributed by atoms with van der Waals surface area (Å²) in [6.45, 7) is 2.90. The van der Waals surface area contributed by atoms with Crippen molar-refractivity contribution in [1.82, 2.24) is 4.98 Å². The van der Waals surface area contributed by atoms with Gasteiger partial charge >= 0.3 is 5.97 Å². The average Bonchev–Trinajstić information content (AvgIpc) is 3.10. The SMILES string of the molecule is C[N+]1(CCc2ccccn2)CCC(OC(=O)C2(O)c3ccccc3-c3ccccc32)CC1. The van der Waals surface area contributed by atoms with Crippen LogP contribution in [-0.4, -0.2) is 53.3 Å². The number of nitrogens with zero attached hydrogens (tertiary/aromatic N) is 2. The highest BCUT2D eigenvalue weighted by Crippen LogP contribution is 2.48. The fourth-order valence-corrected chi connectivity index (χ4v) is 5.11. The van der Waals surface area contributed by atoms with Crippen LogP contribution in [0.15, 0.2) is 72.9 Å². The fraction of sp³-hybridized carbons (Fsp3) is 0.333. The van der Waals surface area contributed by atoms with E-state index < -0.39 is 11.6 Å². The van der Waals surface area contributed by atoms with Crippen molar-refractivity contribution in [2.24, 2.45) is 0 Å². The van der Waals surface area contributed by atoms with E-state index in [9.17, 15) is 9.90 Å². The average molecular weight is 430 g/mol. The number of ether oxygens (including phenoxy) is 1. The van der Waals surface area contributed by atoms with Gasteiger partial charge in [-0.05, 0) is 23.3 Å². The number of hydrogen-bond acceptors (Lipinski definition) is 4. The Hall–Kier alpha value is -3.02. The van der Waals surface area contributed by atoms with E-state index in [1.165, 1.54) is 0 Å². The number of aromatic nitrogens is 1. The van der Waals surface area contributed by atoms with Crippen LogP contribution < -0.4 is 0 Å². The zero-order chi connectivity index (χ0) is 22.2. The Labute approximate surface area is 188 Å². The molecule has 1 aromatic heterocycles. The molecule has 0 spiro atoms. The first-order chi connectivity index (χ1) is 15.5. The molecule has 1 aliphatic heterocycles. The van der Waals surface area contributed by atoms with Crippen LogP contribution in [-0.2, 0) is 21.6 Å². The lowest BCUT2D eigenvalue weighted by molar-refractivity contribution is -0.914. The number of aliphatic hydroxyl groups is 1. The third-order valence-corrected chi connectivity index (χ3v) is 7.11. The Morgan fingerprint density at radius 3 is 2.19 bits per heavy atom. The van der Waals surface area contributed by atoms with Crippen LogP contribution in [0.1, 0.15) is 29.7 Å². The van der Waals surface area contributed by atoms with E-state index in [1.54, 1.807) is 0 Å². The number of carbonyl (C=O) groups excluding carboxylic acids is 1. The molecule has 2 aliphatic rings. The largest absolute Gasteiger partial charge is 0.459 e. The standard InChI is InChI=1S/C27H29N2O3/c1-29(17-13-20-8-6-7-16-28-20)18-14-21(15-19-29)32-26(30)27(31)24-11-4-2-9-22(24)23-10-3-5-12-25(23)27/h2-12,16,21,31H,13-15,17-19H2,1H3/q+1. The first-order valence-electron chi connectivity index (χ1n) is 11.4. The number of fused-ring (bicyclic) bond motifs is 3. The van der Waals surface area contributed by atoms with Crippen molar-refractivity contribution in [1.29, 1.82) is 0 Å². The fourth-order valence-electron chi connectivity index (χ4n) is 5.11. The van der Waals surface area contributed by atoms with Gasteiger partial charge in [-0.2, -0.15) is 0 Å². The Bertz CT molecular complexity index is 1080. The Morgan fingerprint density at radius 1 is 1.00 bits per heavy atom. The van der Waals surface area contributed by atoms with Crippen molar-refractivity contribution < 1.29 is 19.1 Å². The van der Waals surface area contributed by atoms with Crippen LogP contribution in [0.25, 0.3) is 11.1 Å². The molecule has 0 atom stereocenters. The van der Waals surface area contributed by atoms with E-state index in [0.29, 0.717) is 11.1 Å². The number of piperidine rings is 1. The number of hydrogen-bond donors (Lipinski definition) is 1. The zero-order valence-electron chi connectivity index (χ0n) is 18.4. The van der Waals surface area contributed by atoms with Gasteiger partial charge in [0.2, 0.25) is 5.60 Å². The molecule has 32 heavy (non-hydrogen) atoms. The van der Waals surface area contributed by atoms with Crippen molar-refractivity contribution in [3.8, 4) is 11.1 Å². The molecule has 5 heteroatoms. The number of likely N-dealkylation sites (N-methyl/N-ethyl adjacent to an activating group) is 1. The van der Waals surface area contributed by atoms with E-state index >= 15 is 0 Å². The van der Waals surface area contributed by atoms with Gasteiger partial charge in [-0.25, -0.2) is 4.79 Å². The predicted octanol–water partition coefficient (Wildman–Crippen LogP) is 3.69. The van der Waals surface area contributed by atoms with Gasteiger partial charge in [0.15, 0.2) is 0 Å². The molecule has 1 saturated heterocycles. The number of quaternary nitrogens is 1. The highest BCUT2D eigenvalue weighted by molar-refractivity contribution is 5.96. The highest BCUT2D eigenvalue weighted by atomic mass is 16.6. The van der Waals surface area contributed by atoms with Crippen LogP contribution in [0.3, 0.4) is 0 Å². The van der Waals surface area contributed by atoms with Crippen LogP contribution in [0, 0.1) is 0 Å². The number of esters is 1. The van der Waals surface area contributed by atoms with Crippen LogP contribution in [0.5, 0.6) is 0 Å². The third kappa shape index (κ3) is 3.61. The minimum atomic E-state index is -1.75. The quantitative estimate of drug-likeness (QED) is 0.496. The molecule has 0 radical (unpaired) electrons. The van der Waals surface area contributed by atoms with Crippen molar-refractivity contribution in [3.05, 3.63) is 89.7 Å². The Kier molecular flexibility index (Phi) is 5.31. The molecular formula is C27H29N2O3+. The molecule has 1 N–H and O–H groups in total. The van der Waals surface area contributed by atoms with Crippen molar-refractivity contribution in [2.45, 2.75) is 31.0 Å². The molecule has 0 amide bonds. The van der Waals surface area contributed by atoms with Gasteiger partial charge in [-0.15, -0.1) is 0 Å². The van der Waals surface area contributed by atoms with Crippen molar-refractivity contribution >= 4 is 5.97 Å². The van der Waals surface area contributed by atoms with Gasteiger partial charge in [0.25, 0.3) is 0 Å². The summed E-state index contributed by atoms with van der Waals surface area (Å²) in [7, 11) is 2.26. The summed E-state index contributed by atoms with van der Waals surface area (Å²) in [5.74, 6) is -0.565. The summed E-state index contributed by atoms with van der Waals surface area (Å²) in [4.78, 5) is 17.8. The molecule has 2 aromatic carbocycles. The summed E-state index contributed by atoms with van der Waals surface area (Å²) < 4.78 is 6.88. The van der Waals surface area contributed by atoms with E-state index in [0.717, 1.165) is 60.2 Å². The normalized spacial score (nSPS) is 23.2. The second-order valence-electron chi connectivity index (χ2n) is 9.27. The van der Waals surface area contributed by atoms with Crippen LogP contribution >= 0.6 is 0 Å². The highest BCUT2D eigenvalue weighted by Gasteiger charge is 2.50. The maximum absolute atomic E-state index is 13.3. The Balaban J connectivity index is 1.26. The number of likely N-dealkylation sites (tertiary alicyclic amines) is 1. The lowest BCUT2D eigenvalue weighted by atomic mass is 9.91. The van der Waals surface area contributed by atoms with Gasteiger partial charge in [-0.1, -0.05) is 54.6 Å². The maximum atomic E-state index is 13.3. The minimum Gasteiger partial charge on any atom is -0.459 e. The molecule has 0 bridgehead atoms. The van der Waals surface area contributed by atoms with Gasteiger partial charge in [0.05, 0.1) is 26.7 Å². The Morgan fingerprint density at radius 2 is 1.59 bits per heavy atom. The first-order valence-corrected chi connectivity index (χ1v) is 11.4. The van der Waals surface area contributed by atoms with Gasteiger partial charge in [0.1, 0.15) is 6.10 Å². The monoisotopic (exact) mass is 429 g/mol. The number of pyridine rings is 1. The van der Waals surface area contributed by atoms with Gasteiger partial charge < -0.3 is 14.3 Å². The zero-order valence-corrected chi connectivity index (χ0v) is 18.4. The molecule has 0 unspecified atom stereocenters. The smallest absolute Gasteiger partial charge is 0.348 e. The summed E-state index contributed by atoms with van der Waals surface area (Å²) >= 11 is 0. The first kappa shape index (κ1) is 20.9. The lowest BCUT2D eigenvalue weighted by Gasteiger charge is -2.40. The minimum absolute atomic E-state index is 0.174. The summed E-state index contributed by atoms with van der Waals surface area (Å²) in [6.07, 6.45) is 4.20. The number of carbonyl (C=O) groups is 1. The van der Waals surface area contributed by atoms with Crippen LogP contribution in [0.4, 0.5) is 0 Å². The molecule has 0 saturated carbocycles. The number of benzene rings is 2. The van der Waals surface area contributed by atoms with E-state index in [1.807, 2.05) is 66.9 Å². The van der Waals surface area contributed by atoms with Gasteiger partial charge in [0, 0.05) is 42.3 Å². The maximum Gasteiger partial charge on any atom is 0.348 e. The number of rotatable bonds is 5. The van der Waals surface area contributed by atoms with Gasteiger partial charge in [-0.3, -0.25) is 4.98 Å². The molecule has 164 valence electrons. The van der Waals surface area contributed by atoms with E-state index in [-0.39, 0.29) is 6.10 Å². The lowest BCUT2D eigenvalue weighted by Crippen LogP contribution is -2.53. The third-order valence-electron chi connectivity index (χ3n) is 7.11. The van der Waals surface area contributed by atoms with Crippen molar-refractivity contribution in [3.63, 3.8) is 0 Å². The molecule has 3 aromatic rings. The van der Waals surface area contributed by atoms with Crippen molar-refractivity contribution in [2.75, 3.05) is 26.7 Å². The molecule has 5 nitrogen and oxygen atoms in total. The topological polar surface area (TPSA) is 59.4 Å².